The van der Waals surface area contributed by atoms with Crippen LogP contribution >= 0.6 is 7.37 Å². The van der Waals surface area contributed by atoms with Gasteiger partial charge >= 0.3 is 5.97 Å². The minimum Gasteiger partial charge on any atom is -0.469 e. The number of esters is 1. The predicted molar refractivity (Wildman–Crippen MR) is 51.3 cm³/mol. The Kier molecular flexibility index (Phi) is 6.00. The van der Waals surface area contributed by atoms with Gasteiger partial charge in [0.15, 0.2) is 0 Å². The van der Waals surface area contributed by atoms with Gasteiger partial charge in [0, 0.05) is 6.66 Å². The zero-order valence-corrected chi connectivity index (χ0v) is 9.30. The highest BCUT2D eigenvalue weighted by atomic mass is 31.2. The summed E-state index contributed by atoms with van der Waals surface area (Å²) in [6.07, 6.45) is 1.71. The highest BCUT2D eigenvalue weighted by Gasteiger charge is 2.20. The summed E-state index contributed by atoms with van der Waals surface area (Å²) >= 11 is 0. The Labute approximate surface area is 79.1 Å². The smallest absolute Gasteiger partial charge is 0.315 e. The Bertz CT molecular complexity index is 202. The molecule has 78 valence electrons. The van der Waals surface area contributed by atoms with E-state index in [1.54, 1.807) is 0 Å². The third-order valence-electron chi connectivity index (χ3n) is 1.51. The summed E-state index contributed by atoms with van der Waals surface area (Å²) < 4.78 is 21.0. The zero-order chi connectivity index (χ0) is 10.3. The first-order valence-corrected chi connectivity index (χ1v) is 6.55. The van der Waals surface area contributed by atoms with Crippen molar-refractivity contribution in [3.63, 3.8) is 0 Å². The van der Waals surface area contributed by atoms with Gasteiger partial charge in [-0.25, -0.2) is 0 Å². The van der Waals surface area contributed by atoms with Gasteiger partial charge in [-0.2, -0.15) is 0 Å². The molecule has 0 N–H and O–H groups in total. The molecule has 13 heavy (non-hydrogen) atoms. The average Bonchev–Trinajstić information content (AvgIpc) is 2.03. The Morgan fingerprint density at radius 3 is 2.54 bits per heavy atom. The molecular weight excluding hydrogens is 191 g/mol. The van der Waals surface area contributed by atoms with Gasteiger partial charge in [0.2, 0.25) is 7.37 Å². The minimum absolute atomic E-state index is 0.132. The van der Waals surface area contributed by atoms with Crippen molar-refractivity contribution < 1.29 is 18.6 Å². The topological polar surface area (TPSA) is 52.6 Å². The minimum atomic E-state index is -2.77. The van der Waals surface area contributed by atoms with E-state index >= 15 is 0 Å². The second kappa shape index (κ2) is 6.17. The van der Waals surface area contributed by atoms with Crippen LogP contribution in [0.3, 0.4) is 0 Å². The third-order valence-corrected chi connectivity index (χ3v) is 3.07. The van der Waals surface area contributed by atoms with Gasteiger partial charge in [-0.1, -0.05) is 13.3 Å². The largest absolute Gasteiger partial charge is 0.469 e. The lowest BCUT2D eigenvalue weighted by Gasteiger charge is -2.11. The van der Waals surface area contributed by atoms with Crippen molar-refractivity contribution in [1.29, 1.82) is 0 Å². The summed E-state index contributed by atoms with van der Waals surface area (Å²) in [5.41, 5.74) is 0. The SMILES string of the molecule is CCCCOP(C)(=O)CC(=O)OC. The number of carbonyl (C=O) groups is 1. The maximum absolute atomic E-state index is 11.5. The number of methoxy groups -OCH3 is 1. The highest BCUT2D eigenvalue weighted by molar-refractivity contribution is 7.59. The first kappa shape index (κ1) is 12.7. The molecule has 0 spiro atoms. The van der Waals surface area contributed by atoms with Gasteiger partial charge in [0.05, 0.1) is 13.7 Å². The van der Waals surface area contributed by atoms with E-state index in [-0.39, 0.29) is 6.16 Å². The van der Waals surface area contributed by atoms with E-state index in [2.05, 4.69) is 4.74 Å². The molecule has 0 aromatic heterocycles. The molecule has 0 radical (unpaired) electrons. The molecule has 0 heterocycles. The summed E-state index contributed by atoms with van der Waals surface area (Å²) in [6.45, 7) is 3.92. The fourth-order valence-corrected chi connectivity index (χ4v) is 1.95. The molecule has 0 aliphatic heterocycles. The van der Waals surface area contributed by atoms with E-state index in [4.69, 9.17) is 4.52 Å². The Balaban J connectivity index is 3.80. The van der Waals surface area contributed by atoms with Crippen LogP contribution < -0.4 is 0 Å². The first-order valence-electron chi connectivity index (χ1n) is 4.29. The fraction of sp³-hybridized carbons (Fsp3) is 0.875. The lowest BCUT2D eigenvalue weighted by Crippen LogP contribution is -2.08. The molecule has 1 unspecified atom stereocenters. The van der Waals surface area contributed by atoms with E-state index in [0.29, 0.717) is 6.61 Å². The summed E-state index contributed by atoms with van der Waals surface area (Å²) in [5.74, 6) is -0.484. The van der Waals surface area contributed by atoms with Crippen molar-refractivity contribution in [3.05, 3.63) is 0 Å². The van der Waals surface area contributed by atoms with Crippen molar-refractivity contribution in [1.82, 2.24) is 0 Å². The Morgan fingerprint density at radius 1 is 1.46 bits per heavy atom. The number of unbranched alkanes of at least 4 members (excludes halogenated alkanes) is 1. The number of hydrogen-bond donors (Lipinski definition) is 0. The summed E-state index contributed by atoms with van der Waals surface area (Å²) in [7, 11) is -1.50. The maximum atomic E-state index is 11.5. The molecular formula is C8H17O4P. The maximum Gasteiger partial charge on any atom is 0.315 e. The Morgan fingerprint density at radius 2 is 2.08 bits per heavy atom. The van der Waals surface area contributed by atoms with Gasteiger partial charge in [0.25, 0.3) is 0 Å². The van der Waals surface area contributed by atoms with Gasteiger partial charge < -0.3 is 9.26 Å². The van der Waals surface area contributed by atoms with Gasteiger partial charge in [-0.3, -0.25) is 9.36 Å². The quantitative estimate of drug-likeness (QED) is 0.380. The summed E-state index contributed by atoms with van der Waals surface area (Å²) in [4.78, 5) is 10.8. The van der Waals surface area contributed by atoms with E-state index in [0.717, 1.165) is 12.8 Å². The monoisotopic (exact) mass is 208 g/mol. The lowest BCUT2D eigenvalue weighted by molar-refractivity contribution is -0.137. The molecule has 0 fully saturated rings. The second-order valence-electron chi connectivity index (χ2n) is 2.94. The number of ether oxygens (including phenoxy) is 1. The van der Waals surface area contributed by atoms with Crippen molar-refractivity contribution in [2.45, 2.75) is 19.8 Å². The van der Waals surface area contributed by atoms with E-state index in [1.165, 1.54) is 13.8 Å². The zero-order valence-electron chi connectivity index (χ0n) is 8.41. The van der Waals surface area contributed by atoms with Crippen LogP contribution in [0.1, 0.15) is 19.8 Å². The molecule has 5 heteroatoms. The molecule has 0 bridgehead atoms. The normalized spacial score (nSPS) is 15.0. The van der Waals surface area contributed by atoms with Crippen LogP contribution in [0.5, 0.6) is 0 Å². The number of rotatable bonds is 6. The molecule has 0 rings (SSSR count). The van der Waals surface area contributed by atoms with Crippen LogP contribution in [-0.2, 0) is 18.6 Å². The molecule has 0 aromatic carbocycles. The standard InChI is InChI=1S/C8H17O4P/c1-4-5-6-12-13(3,10)7-8(9)11-2/h4-7H2,1-3H3. The molecule has 0 saturated heterocycles. The molecule has 0 aromatic rings. The van der Waals surface area contributed by atoms with Gasteiger partial charge in [-0.05, 0) is 6.42 Å². The van der Waals surface area contributed by atoms with Crippen molar-refractivity contribution in [2.75, 3.05) is 26.5 Å². The molecule has 0 aliphatic rings. The first-order chi connectivity index (χ1) is 6.02. The van der Waals surface area contributed by atoms with E-state index < -0.39 is 13.3 Å². The predicted octanol–water partition coefficient (Wildman–Crippen LogP) is 1.88. The van der Waals surface area contributed by atoms with Crippen molar-refractivity contribution in [3.8, 4) is 0 Å². The molecule has 0 aliphatic carbocycles. The molecule has 4 nitrogen and oxygen atoms in total. The van der Waals surface area contributed by atoms with Crippen LogP contribution in [0.2, 0.25) is 0 Å². The van der Waals surface area contributed by atoms with Crippen LogP contribution in [0.4, 0.5) is 0 Å². The summed E-state index contributed by atoms with van der Waals surface area (Å²) in [6, 6.07) is 0. The van der Waals surface area contributed by atoms with E-state index in [9.17, 15) is 9.36 Å². The Hall–Kier alpha value is -0.340. The third kappa shape index (κ3) is 6.79. The lowest BCUT2D eigenvalue weighted by atomic mass is 10.4. The number of carbonyl (C=O) groups excluding carboxylic acids is 1. The van der Waals surface area contributed by atoms with Crippen LogP contribution in [-0.4, -0.2) is 32.5 Å². The van der Waals surface area contributed by atoms with Crippen LogP contribution in [0, 0.1) is 0 Å². The molecule has 0 amide bonds. The average molecular weight is 208 g/mol. The van der Waals surface area contributed by atoms with Gasteiger partial charge in [-0.15, -0.1) is 0 Å². The van der Waals surface area contributed by atoms with Crippen LogP contribution in [0.25, 0.3) is 0 Å². The second-order valence-corrected chi connectivity index (χ2v) is 5.54. The number of hydrogen-bond acceptors (Lipinski definition) is 4. The van der Waals surface area contributed by atoms with Crippen molar-refractivity contribution in [2.24, 2.45) is 0 Å². The van der Waals surface area contributed by atoms with E-state index in [1.807, 2.05) is 6.92 Å². The van der Waals surface area contributed by atoms with Crippen LogP contribution in [0.15, 0.2) is 0 Å². The fourth-order valence-electron chi connectivity index (χ4n) is 0.747. The summed E-state index contributed by atoms with van der Waals surface area (Å²) in [5, 5.41) is 0. The highest BCUT2D eigenvalue weighted by Crippen LogP contribution is 2.42. The molecule has 0 saturated carbocycles. The molecule has 1 atom stereocenters. The van der Waals surface area contributed by atoms with Gasteiger partial charge in [0.1, 0.15) is 6.16 Å². The van der Waals surface area contributed by atoms with Crippen molar-refractivity contribution >= 4 is 13.3 Å².